The first-order valence-electron chi connectivity index (χ1n) is 8.00. The summed E-state index contributed by atoms with van der Waals surface area (Å²) in [5, 5.41) is 1.83. The maximum atomic E-state index is 13.3. The fraction of sp³-hybridized carbons (Fsp3) is 0.500. The third-order valence-electron chi connectivity index (χ3n) is 4.65. The summed E-state index contributed by atoms with van der Waals surface area (Å²) < 4.78 is 39.8. The molecule has 128 valence electrons. The lowest BCUT2D eigenvalue weighted by Crippen LogP contribution is -2.50. The molecule has 8 heteroatoms. The molecule has 24 heavy (non-hydrogen) atoms. The molecule has 2 saturated heterocycles. The van der Waals surface area contributed by atoms with E-state index in [4.69, 9.17) is 0 Å². The number of hydrogen-bond acceptors (Lipinski definition) is 5. The van der Waals surface area contributed by atoms with Gasteiger partial charge in [0.2, 0.25) is 5.95 Å². The van der Waals surface area contributed by atoms with E-state index in [-0.39, 0.29) is 5.95 Å². The van der Waals surface area contributed by atoms with E-state index in [1.54, 1.807) is 6.07 Å². The first-order valence-corrected chi connectivity index (χ1v) is 8.88. The lowest BCUT2D eigenvalue weighted by Gasteiger charge is -2.37. The molecule has 2 aliphatic heterocycles. The quantitative estimate of drug-likeness (QED) is 0.826. The topological polar surface area (TPSA) is 32.3 Å². The molecule has 0 aromatic carbocycles. The monoisotopic (exact) mass is 354 g/mol. The van der Waals surface area contributed by atoms with Gasteiger partial charge in [-0.1, -0.05) is 6.07 Å². The zero-order chi connectivity index (χ0) is 16.7. The Bertz CT molecular complexity index is 717. The molecule has 2 aliphatic rings. The van der Waals surface area contributed by atoms with E-state index >= 15 is 0 Å². The van der Waals surface area contributed by atoms with Gasteiger partial charge in [0, 0.05) is 25.7 Å². The molecule has 0 aliphatic carbocycles. The maximum Gasteiger partial charge on any atom is 0.433 e. The normalized spacial score (nSPS) is 22.0. The largest absolute Gasteiger partial charge is 0.433 e. The molecule has 0 bridgehead atoms. The van der Waals surface area contributed by atoms with Crippen molar-refractivity contribution >= 4 is 17.3 Å². The summed E-state index contributed by atoms with van der Waals surface area (Å²) in [5.41, 5.74) is -0.527. The average molecular weight is 354 g/mol. The van der Waals surface area contributed by atoms with Gasteiger partial charge in [-0.2, -0.15) is 13.2 Å². The highest BCUT2D eigenvalue weighted by atomic mass is 32.1. The summed E-state index contributed by atoms with van der Waals surface area (Å²) in [6, 6.07) is 5.04. The Morgan fingerprint density at radius 2 is 2.04 bits per heavy atom. The molecule has 0 N–H and O–H groups in total. The minimum Gasteiger partial charge on any atom is -0.338 e. The minimum atomic E-state index is -4.47. The molecule has 4 heterocycles. The number of aromatic nitrogens is 2. The van der Waals surface area contributed by atoms with Gasteiger partial charge in [0.1, 0.15) is 0 Å². The van der Waals surface area contributed by atoms with Gasteiger partial charge in [0.15, 0.2) is 5.69 Å². The van der Waals surface area contributed by atoms with Crippen LogP contribution in [0.2, 0.25) is 0 Å². The van der Waals surface area contributed by atoms with Crippen molar-refractivity contribution in [3.63, 3.8) is 0 Å². The summed E-state index contributed by atoms with van der Waals surface area (Å²) >= 11 is 1.38. The van der Waals surface area contributed by atoms with Crippen molar-refractivity contribution in [2.75, 3.05) is 31.1 Å². The zero-order valence-corrected chi connectivity index (χ0v) is 13.8. The van der Waals surface area contributed by atoms with Gasteiger partial charge < -0.3 is 4.90 Å². The molecule has 0 radical (unpaired) electrons. The molecule has 0 spiro atoms. The molecule has 1 atom stereocenters. The van der Waals surface area contributed by atoms with Crippen LogP contribution in [0, 0.1) is 0 Å². The molecule has 1 unspecified atom stereocenters. The van der Waals surface area contributed by atoms with Crippen LogP contribution in [0.1, 0.15) is 18.5 Å². The van der Waals surface area contributed by atoms with E-state index < -0.39 is 11.9 Å². The highest BCUT2D eigenvalue weighted by Gasteiger charge is 2.36. The second-order valence-electron chi connectivity index (χ2n) is 6.19. The summed E-state index contributed by atoms with van der Waals surface area (Å²) in [4.78, 5) is 13.3. The van der Waals surface area contributed by atoms with Gasteiger partial charge in [-0.05, 0) is 36.9 Å². The van der Waals surface area contributed by atoms with E-state index in [2.05, 4.69) is 14.9 Å². The van der Waals surface area contributed by atoms with Crippen LogP contribution in [0.15, 0.2) is 23.6 Å². The van der Waals surface area contributed by atoms with Gasteiger partial charge in [-0.25, -0.2) is 9.97 Å². The average Bonchev–Trinajstić information content (AvgIpc) is 3.24. The van der Waals surface area contributed by atoms with Crippen LogP contribution in [0.3, 0.4) is 0 Å². The molecule has 0 amide bonds. The molecule has 0 saturated carbocycles. The maximum absolute atomic E-state index is 13.3. The van der Waals surface area contributed by atoms with Crippen LogP contribution in [-0.4, -0.2) is 47.1 Å². The number of alkyl halides is 3. The van der Waals surface area contributed by atoms with Crippen LogP contribution in [-0.2, 0) is 6.18 Å². The Hall–Kier alpha value is -1.67. The van der Waals surface area contributed by atoms with E-state index in [0.29, 0.717) is 24.8 Å². The van der Waals surface area contributed by atoms with E-state index in [1.807, 2.05) is 16.3 Å². The number of nitrogens with zero attached hydrogens (tertiary/aromatic N) is 4. The first-order chi connectivity index (χ1) is 11.5. The van der Waals surface area contributed by atoms with Gasteiger partial charge in [-0.15, -0.1) is 11.3 Å². The van der Waals surface area contributed by atoms with Crippen molar-refractivity contribution in [2.45, 2.75) is 25.1 Å². The molecule has 4 nitrogen and oxygen atoms in total. The highest BCUT2D eigenvalue weighted by molar-refractivity contribution is 7.13. The lowest BCUT2D eigenvalue weighted by atomic mass is 10.1. The molecular formula is C16H17F3N4S. The highest BCUT2D eigenvalue weighted by Crippen LogP contribution is 2.34. The fourth-order valence-corrected chi connectivity index (χ4v) is 4.13. The fourth-order valence-electron chi connectivity index (χ4n) is 3.44. The van der Waals surface area contributed by atoms with Crippen molar-refractivity contribution in [2.24, 2.45) is 0 Å². The van der Waals surface area contributed by atoms with Gasteiger partial charge in [-0.3, -0.25) is 4.90 Å². The standard InChI is InChI=1S/C16H17F3N4S/c17-16(18,19)14-9-12(13-4-2-8-24-13)20-15(21-14)23-7-6-22-5-1-3-11(22)10-23/h2,4,8-9,11H,1,3,5-7,10H2. The summed E-state index contributed by atoms with van der Waals surface area (Å²) in [6.45, 7) is 3.31. The summed E-state index contributed by atoms with van der Waals surface area (Å²) in [7, 11) is 0. The zero-order valence-electron chi connectivity index (χ0n) is 13.0. The number of fused-ring (bicyclic) bond motifs is 1. The Kier molecular flexibility index (Phi) is 3.96. The Labute approximate surface area is 141 Å². The van der Waals surface area contributed by atoms with E-state index in [9.17, 15) is 13.2 Å². The van der Waals surface area contributed by atoms with Crippen LogP contribution in [0.25, 0.3) is 10.6 Å². The molecule has 4 rings (SSSR count). The number of halogens is 3. The minimum absolute atomic E-state index is 0.194. The van der Waals surface area contributed by atoms with E-state index in [0.717, 1.165) is 36.9 Å². The first kappa shape index (κ1) is 15.8. The number of piperazine rings is 1. The van der Waals surface area contributed by atoms with Crippen LogP contribution < -0.4 is 4.90 Å². The van der Waals surface area contributed by atoms with Gasteiger partial charge >= 0.3 is 6.18 Å². The summed E-state index contributed by atoms with van der Waals surface area (Å²) in [6.07, 6.45) is -2.23. The van der Waals surface area contributed by atoms with Crippen molar-refractivity contribution in [3.05, 3.63) is 29.3 Å². The van der Waals surface area contributed by atoms with Crippen LogP contribution >= 0.6 is 11.3 Å². The molecular weight excluding hydrogens is 337 g/mol. The Morgan fingerprint density at radius 3 is 2.79 bits per heavy atom. The number of thiophene rings is 1. The number of hydrogen-bond donors (Lipinski definition) is 0. The smallest absolute Gasteiger partial charge is 0.338 e. The second-order valence-corrected chi connectivity index (χ2v) is 7.14. The second kappa shape index (κ2) is 6.00. The van der Waals surface area contributed by atoms with E-state index in [1.165, 1.54) is 11.3 Å². The number of anilines is 1. The molecule has 2 fully saturated rings. The third kappa shape index (κ3) is 3.00. The third-order valence-corrected chi connectivity index (χ3v) is 5.54. The number of rotatable bonds is 2. The van der Waals surface area contributed by atoms with Crippen molar-refractivity contribution in [3.8, 4) is 10.6 Å². The molecule has 2 aromatic rings. The van der Waals surface area contributed by atoms with Crippen LogP contribution in [0.4, 0.5) is 19.1 Å². The predicted molar refractivity (Wildman–Crippen MR) is 87.2 cm³/mol. The van der Waals surface area contributed by atoms with Crippen molar-refractivity contribution in [1.29, 1.82) is 0 Å². The molecule has 2 aromatic heterocycles. The SMILES string of the molecule is FC(F)(F)c1cc(-c2cccs2)nc(N2CCN3CCCC3C2)n1. The van der Waals surface area contributed by atoms with Crippen LogP contribution in [0.5, 0.6) is 0 Å². The lowest BCUT2D eigenvalue weighted by molar-refractivity contribution is -0.141. The van der Waals surface area contributed by atoms with Crippen molar-refractivity contribution in [1.82, 2.24) is 14.9 Å². The Balaban J connectivity index is 1.70. The predicted octanol–water partition coefficient (Wildman–Crippen LogP) is 3.51. The summed E-state index contributed by atoms with van der Waals surface area (Å²) in [5.74, 6) is 0.194. The Morgan fingerprint density at radius 1 is 1.17 bits per heavy atom. The van der Waals surface area contributed by atoms with Gasteiger partial charge in [0.05, 0.1) is 10.6 Å². The van der Waals surface area contributed by atoms with Crippen molar-refractivity contribution < 1.29 is 13.2 Å². The van der Waals surface area contributed by atoms with Gasteiger partial charge in [0.25, 0.3) is 0 Å².